The fraction of sp³-hybridized carbons (Fsp3) is 0.364. The Kier molecular flexibility index (Phi) is 2.98. The Morgan fingerprint density at radius 3 is 2.20 bits per heavy atom. The van der Waals surface area contributed by atoms with E-state index < -0.39 is 0 Å². The number of halogens is 3. The number of hydrogen-bond donors (Lipinski definition) is 0. The lowest BCUT2D eigenvalue weighted by molar-refractivity contribution is -0.118. The van der Waals surface area contributed by atoms with Crippen LogP contribution >= 0.6 is 34.8 Å². The van der Waals surface area contributed by atoms with Crippen LogP contribution in [-0.4, -0.2) is 5.78 Å². The van der Waals surface area contributed by atoms with Gasteiger partial charge in [-0.15, -0.1) is 0 Å². The number of carbonyl (C=O) groups excluding carboxylic acids is 1. The van der Waals surface area contributed by atoms with Gasteiger partial charge >= 0.3 is 0 Å². The van der Waals surface area contributed by atoms with E-state index in [0.717, 1.165) is 12.0 Å². The minimum Gasteiger partial charge on any atom is -0.300 e. The molecule has 0 saturated heterocycles. The number of rotatable bonds is 2. The highest BCUT2D eigenvalue weighted by molar-refractivity contribution is 6.39. The van der Waals surface area contributed by atoms with Gasteiger partial charge in [0.1, 0.15) is 5.78 Å². The zero-order valence-electron chi connectivity index (χ0n) is 8.06. The lowest BCUT2D eigenvalue weighted by Crippen LogP contribution is -1.96. The van der Waals surface area contributed by atoms with E-state index in [-0.39, 0.29) is 17.6 Å². The molecule has 0 heterocycles. The topological polar surface area (TPSA) is 17.1 Å². The number of Topliss-reactive ketones (excluding diaryl/α,β-unsaturated/α-hetero) is 1. The number of benzene rings is 1. The SMILES string of the molecule is CC(=O)C1CC1c1c(Cl)cc(Cl)cc1Cl. The van der Waals surface area contributed by atoms with Crippen molar-refractivity contribution in [2.24, 2.45) is 5.92 Å². The summed E-state index contributed by atoms with van der Waals surface area (Å²) in [5, 5.41) is 1.64. The predicted octanol–water partition coefficient (Wildman–Crippen LogP) is 4.34. The molecule has 0 aromatic heterocycles. The van der Waals surface area contributed by atoms with Crippen LogP contribution in [0.2, 0.25) is 15.1 Å². The maximum Gasteiger partial charge on any atom is 0.133 e. The molecule has 4 heteroatoms. The Hall–Kier alpha value is -0.240. The van der Waals surface area contributed by atoms with Gasteiger partial charge in [-0.25, -0.2) is 0 Å². The smallest absolute Gasteiger partial charge is 0.133 e. The standard InChI is InChI=1S/C11H9Cl3O/c1-5(15)7-4-8(7)11-9(13)2-6(12)3-10(11)14/h2-3,7-8H,4H2,1H3. The largest absolute Gasteiger partial charge is 0.300 e. The average molecular weight is 264 g/mol. The van der Waals surface area contributed by atoms with Crippen LogP contribution in [-0.2, 0) is 4.79 Å². The zero-order chi connectivity index (χ0) is 11.2. The van der Waals surface area contributed by atoms with Crippen molar-refractivity contribution in [2.75, 3.05) is 0 Å². The molecule has 0 bridgehead atoms. The summed E-state index contributed by atoms with van der Waals surface area (Å²) in [7, 11) is 0. The van der Waals surface area contributed by atoms with E-state index in [2.05, 4.69) is 0 Å². The van der Waals surface area contributed by atoms with E-state index in [4.69, 9.17) is 34.8 Å². The summed E-state index contributed by atoms with van der Waals surface area (Å²) in [6.45, 7) is 1.60. The maximum atomic E-state index is 11.2. The Labute approximate surface area is 103 Å². The van der Waals surface area contributed by atoms with Gasteiger partial charge in [-0.3, -0.25) is 4.79 Å². The van der Waals surface area contributed by atoms with Crippen molar-refractivity contribution in [3.63, 3.8) is 0 Å². The van der Waals surface area contributed by atoms with Gasteiger partial charge < -0.3 is 0 Å². The molecule has 80 valence electrons. The highest BCUT2D eigenvalue weighted by atomic mass is 35.5. The molecule has 2 unspecified atom stereocenters. The fourth-order valence-electron chi connectivity index (χ4n) is 1.87. The van der Waals surface area contributed by atoms with Crippen LogP contribution in [0.15, 0.2) is 12.1 Å². The summed E-state index contributed by atoms with van der Waals surface area (Å²) in [6.07, 6.45) is 0.844. The van der Waals surface area contributed by atoms with E-state index in [9.17, 15) is 4.79 Å². The minimum absolute atomic E-state index is 0.0844. The molecule has 0 aliphatic heterocycles. The van der Waals surface area contributed by atoms with Crippen molar-refractivity contribution in [3.8, 4) is 0 Å². The van der Waals surface area contributed by atoms with Crippen LogP contribution in [0, 0.1) is 5.92 Å². The summed E-state index contributed by atoms with van der Waals surface area (Å²) < 4.78 is 0. The maximum absolute atomic E-state index is 11.2. The van der Waals surface area contributed by atoms with E-state index in [1.54, 1.807) is 19.1 Å². The first-order chi connectivity index (χ1) is 7.00. The lowest BCUT2D eigenvalue weighted by atomic mass is 10.1. The van der Waals surface area contributed by atoms with E-state index in [1.807, 2.05) is 0 Å². The highest BCUT2D eigenvalue weighted by Crippen LogP contribution is 2.52. The molecule has 0 radical (unpaired) electrons. The molecule has 0 spiro atoms. The van der Waals surface area contributed by atoms with Crippen LogP contribution in [0.4, 0.5) is 0 Å². The first-order valence-corrected chi connectivity index (χ1v) is 5.79. The molecule has 1 saturated carbocycles. The first-order valence-electron chi connectivity index (χ1n) is 4.65. The van der Waals surface area contributed by atoms with Gasteiger partial charge in [-0.2, -0.15) is 0 Å². The molecule has 0 N–H and O–H groups in total. The van der Waals surface area contributed by atoms with Crippen molar-refractivity contribution in [2.45, 2.75) is 19.3 Å². The molecule has 15 heavy (non-hydrogen) atoms. The number of hydrogen-bond acceptors (Lipinski definition) is 1. The summed E-state index contributed by atoms with van der Waals surface area (Å²) >= 11 is 17.9. The highest BCUT2D eigenvalue weighted by Gasteiger charge is 2.43. The van der Waals surface area contributed by atoms with Crippen LogP contribution in [0.3, 0.4) is 0 Å². The van der Waals surface area contributed by atoms with Crippen molar-refractivity contribution in [1.29, 1.82) is 0 Å². The number of carbonyl (C=O) groups is 1. The second kappa shape index (κ2) is 3.97. The summed E-state index contributed by atoms with van der Waals surface area (Å²) in [5.74, 6) is 0.461. The molecule has 1 aromatic carbocycles. The normalized spacial score (nSPS) is 24.0. The van der Waals surface area contributed by atoms with Crippen molar-refractivity contribution >= 4 is 40.6 Å². The molecule has 0 amide bonds. The Morgan fingerprint density at radius 2 is 1.80 bits per heavy atom. The van der Waals surface area contributed by atoms with Crippen molar-refractivity contribution < 1.29 is 4.79 Å². The van der Waals surface area contributed by atoms with Gasteiger partial charge in [0.2, 0.25) is 0 Å². The van der Waals surface area contributed by atoms with Crippen molar-refractivity contribution in [1.82, 2.24) is 0 Å². The van der Waals surface area contributed by atoms with Crippen LogP contribution < -0.4 is 0 Å². The third-order valence-corrected chi connectivity index (χ3v) is 3.57. The molecular weight excluding hydrogens is 254 g/mol. The zero-order valence-corrected chi connectivity index (χ0v) is 10.3. The Balaban J connectivity index is 2.34. The van der Waals surface area contributed by atoms with E-state index >= 15 is 0 Å². The second-order valence-corrected chi connectivity index (χ2v) is 5.09. The third kappa shape index (κ3) is 2.15. The average Bonchev–Trinajstić information content (AvgIpc) is 2.81. The van der Waals surface area contributed by atoms with Gasteiger partial charge in [-0.05, 0) is 37.0 Å². The number of ketones is 1. The summed E-state index contributed by atoms with van der Waals surface area (Å²) in [6, 6.07) is 3.33. The second-order valence-electron chi connectivity index (χ2n) is 3.84. The van der Waals surface area contributed by atoms with Crippen LogP contribution in [0.25, 0.3) is 0 Å². The quantitative estimate of drug-likeness (QED) is 0.776. The molecule has 1 nitrogen and oxygen atoms in total. The lowest BCUT2D eigenvalue weighted by Gasteiger charge is -2.06. The third-order valence-electron chi connectivity index (χ3n) is 2.73. The molecule has 1 aromatic rings. The van der Waals surface area contributed by atoms with Gasteiger partial charge in [0.05, 0.1) is 0 Å². The minimum atomic E-state index is 0.0844. The molecule has 1 aliphatic carbocycles. The van der Waals surface area contributed by atoms with Crippen LogP contribution in [0.5, 0.6) is 0 Å². The molecule has 1 fully saturated rings. The van der Waals surface area contributed by atoms with E-state index in [0.29, 0.717) is 15.1 Å². The van der Waals surface area contributed by atoms with Gasteiger partial charge in [0.25, 0.3) is 0 Å². The molecule has 2 atom stereocenters. The van der Waals surface area contributed by atoms with E-state index in [1.165, 1.54) is 0 Å². The summed E-state index contributed by atoms with van der Waals surface area (Å²) in [5.41, 5.74) is 0.864. The van der Waals surface area contributed by atoms with Gasteiger partial charge in [-0.1, -0.05) is 34.8 Å². The summed E-state index contributed by atoms with van der Waals surface area (Å²) in [4.78, 5) is 11.2. The molecule has 2 rings (SSSR count). The van der Waals surface area contributed by atoms with Crippen LogP contribution in [0.1, 0.15) is 24.8 Å². The molecule has 1 aliphatic rings. The Bertz CT molecular complexity index is 405. The predicted molar refractivity (Wildman–Crippen MR) is 63.0 cm³/mol. The van der Waals surface area contributed by atoms with Gasteiger partial charge in [0.15, 0.2) is 0 Å². The van der Waals surface area contributed by atoms with Gasteiger partial charge in [0, 0.05) is 21.0 Å². The molecular formula is C11H9Cl3O. The van der Waals surface area contributed by atoms with Crippen molar-refractivity contribution in [3.05, 3.63) is 32.8 Å². The Morgan fingerprint density at radius 1 is 1.27 bits per heavy atom. The first kappa shape index (κ1) is 11.3. The monoisotopic (exact) mass is 262 g/mol. The fourth-order valence-corrected chi connectivity index (χ4v) is 2.97.